The van der Waals surface area contributed by atoms with Crippen LogP contribution >= 0.6 is 24.0 Å². The van der Waals surface area contributed by atoms with Crippen LogP contribution in [0.2, 0.25) is 5.02 Å². The van der Waals surface area contributed by atoms with Crippen LogP contribution < -0.4 is 16.4 Å². The Hall–Kier alpha value is -1.30. The Morgan fingerprint density at radius 1 is 1.37 bits per heavy atom. The molecule has 1 rings (SSSR count). The molecule has 0 heterocycles. The van der Waals surface area contributed by atoms with Crippen LogP contribution in [0, 0.1) is 0 Å². The molecule has 1 aromatic carbocycles. The van der Waals surface area contributed by atoms with Crippen LogP contribution in [0.5, 0.6) is 0 Å². The normalized spacial score (nSPS) is 9.42. The van der Waals surface area contributed by atoms with Crippen LogP contribution in [-0.4, -0.2) is 25.4 Å². The Bertz CT molecular complexity index is 453. The maximum absolute atomic E-state index is 11.5. The fourth-order valence-corrected chi connectivity index (χ4v) is 1.66. The second kappa shape index (κ2) is 8.74. The highest BCUT2D eigenvalue weighted by Gasteiger charge is 2.10. The molecule has 19 heavy (non-hydrogen) atoms. The first kappa shape index (κ1) is 17.7. The number of hydrogen-bond donors (Lipinski definition) is 3. The monoisotopic (exact) mass is 305 g/mol. The van der Waals surface area contributed by atoms with Crippen molar-refractivity contribution in [3.05, 3.63) is 28.8 Å². The minimum absolute atomic E-state index is 0. The van der Waals surface area contributed by atoms with Crippen LogP contribution in [-0.2, 0) is 4.79 Å². The van der Waals surface area contributed by atoms with Gasteiger partial charge in [-0.3, -0.25) is 9.59 Å². The summed E-state index contributed by atoms with van der Waals surface area (Å²) >= 11 is 5.96. The third-order valence-electron chi connectivity index (χ3n) is 2.33. The third-order valence-corrected chi connectivity index (χ3v) is 2.65. The van der Waals surface area contributed by atoms with E-state index in [1.54, 1.807) is 18.2 Å². The number of anilines is 1. The lowest BCUT2D eigenvalue weighted by molar-refractivity contribution is -0.116. The van der Waals surface area contributed by atoms with Gasteiger partial charge in [0, 0.05) is 19.2 Å². The average molecular weight is 306 g/mol. The molecule has 5 nitrogen and oxygen atoms in total. The van der Waals surface area contributed by atoms with Gasteiger partial charge in [-0.15, -0.1) is 12.4 Å². The summed E-state index contributed by atoms with van der Waals surface area (Å²) in [5, 5.41) is 5.47. The standard InChI is InChI=1S/C12H16ClN3O2.ClH/c1-15-12(18)9-5-4-8(7-10(9)13)16-11(17)3-2-6-14;/h4-5,7H,2-3,6,14H2,1H3,(H,15,18)(H,16,17);1H. The molecule has 0 aliphatic carbocycles. The van der Waals surface area contributed by atoms with Gasteiger partial charge in [-0.25, -0.2) is 0 Å². The van der Waals surface area contributed by atoms with Gasteiger partial charge in [-0.05, 0) is 31.2 Å². The molecular formula is C12H17Cl2N3O2. The number of rotatable bonds is 5. The zero-order valence-electron chi connectivity index (χ0n) is 10.5. The van der Waals surface area contributed by atoms with Gasteiger partial charge in [0.15, 0.2) is 0 Å². The number of nitrogens with one attached hydrogen (secondary N) is 2. The number of halogens is 2. The molecule has 0 aromatic heterocycles. The van der Waals surface area contributed by atoms with Crippen LogP contribution in [0.25, 0.3) is 0 Å². The first-order valence-corrected chi connectivity index (χ1v) is 5.98. The maximum Gasteiger partial charge on any atom is 0.252 e. The van der Waals surface area contributed by atoms with E-state index in [1.165, 1.54) is 7.05 Å². The number of hydrogen-bond acceptors (Lipinski definition) is 3. The zero-order valence-corrected chi connectivity index (χ0v) is 12.1. The molecule has 7 heteroatoms. The SMILES string of the molecule is CNC(=O)c1ccc(NC(=O)CCCN)cc1Cl.Cl. The first-order chi connectivity index (χ1) is 8.58. The van der Waals surface area contributed by atoms with Gasteiger partial charge in [0.25, 0.3) is 5.91 Å². The van der Waals surface area contributed by atoms with Gasteiger partial charge in [0.2, 0.25) is 5.91 Å². The summed E-state index contributed by atoms with van der Waals surface area (Å²) in [6, 6.07) is 4.75. The molecule has 0 unspecified atom stereocenters. The maximum atomic E-state index is 11.5. The second-order valence-corrected chi connectivity index (χ2v) is 4.12. The Labute approximate surface area is 123 Å². The van der Waals surface area contributed by atoms with E-state index < -0.39 is 0 Å². The highest BCUT2D eigenvalue weighted by molar-refractivity contribution is 6.34. The molecule has 0 spiro atoms. The Morgan fingerprint density at radius 2 is 2.05 bits per heavy atom. The van der Waals surface area contributed by atoms with Crippen molar-refractivity contribution in [3.63, 3.8) is 0 Å². The molecule has 0 saturated carbocycles. The minimum Gasteiger partial charge on any atom is -0.355 e. The van der Waals surface area contributed by atoms with Crippen LogP contribution in [0.3, 0.4) is 0 Å². The van der Waals surface area contributed by atoms with Gasteiger partial charge in [0.05, 0.1) is 10.6 Å². The van der Waals surface area contributed by atoms with Gasteiger partial charge < -0.3 is 16.4 Å². The lowest BCUT2D eigenvalue weighted by Crippen LogP contribution is -2.18. The summed E-state index contributed by atoms with van der Waals surface area (Å²) in [4.78, 5) is 22.9. The van der Waals surface area contributed by atoms with E-state index in [2.05, 4.69) is 10.6 Å². The lowest BCUT2D eigenvalue weighted by atomic mass is 10.2. The van der Waals surface area contributed by atoms with Crippen molar-refractivity contribution in [1.82, 2.24) is 5.32 Å². The van der Waals surface area contributed by atoms with E-state index in [9.17, 15) is 9.59 Å². The molecule has 0 bridgehead atoms. The number of benzene rings is 1. The van der Waals surface area contributed by atoms with Crippen LogP contribution in [0.15, 0.2) is 18.2 Å². The minimum atomic E-state index is -0.263. The quantitative estimate of drug-likeness (QED) is 0.775. The smallest absolute Gasteiger partial charge is 0.252 e. The Balaban J connectivity index is 0.00000324. The molecule has 1 aromatic rings. The summed E-state index contributed by atoms with van der Waals surface area (Å²) in [7, 11) is 1.53. The third kappa shape index (κ3) is 5.46. The van der Waals surface area contributed by atoms with Crippen molar-refractivity contribution in [2.75, 3.05) is 18.9 Å². The zero-order chi connectivity index (χ0) is 13.5. The predicted octanol–water partition coefficient (Wildman–Crippen LogP) is 1.80. The van der Waals surface area contributed by atoms with Crippen molar-refractivity contribution in [1.29, 1.82) is 0 Å². The van der Waals surface area contributed by atoms with E-state index >= 15 is 0 Å². The van der Waals surface area contributed by atoms with Gasteiger partial charge in [0.1, 0.15) is 0 Å². The molecular weight excluding hydrogens is 289 g/mol. The van der Waals surface area contributed by atoms with Gasteiger partial charge in [-0.2, -0.15) is 0 Å². The number of nitrogens with two attached hydrogens (primary N) is 1. The Morgan fingerprint density at radius 3 is 2.58 bits per heavy atom. The average Bonchev–Trinajstić information content (AvgIpc) is 2.35. The van der Waals surface area contributed by atoms with Crippen molar-refractivity contribution in [2.45, 2.75) is 12.8 Å². The molecule has 0 fully saturated rings. The number of amides is 2. The number of carbonyl (C=O) groups excluding carboxylic acids is 2. The lowest BCUT2D eigenvalue weighted by Gasteiger charge is -2.07. The highest BCUT2D eigenvalue weighted by Crippen LogP contribution is 2.21. The summed E-state index contributed by atoms with van der Waals surface area (Å²) < 4.78 is 0. The molecule has 4 N–H and O–H groups in total. The molecule has 106 valence electrons. The topological polar surface area (TPSA) is 84.2 Å². The fraction of sp³-hybridized carbons (Fsp3) is 0.333. The van der Waals surface area contributed by atoms with E-state index in [4.69, 9.17) is 17.3 Å². The predicted molar refractivity (Wildman–Crippen MR) is 79.0 cm³/mol. The van der Waals surface area contributed by atoms with Crippen molar-refractivity contribution in [3.8, 4) is 0 Å². The van der Waals surface area contributed by atoms with Gasteiger partial charge in [-0.1, -0.05) is 11.6 Å². The van der Waals surface area contributed by atoms with Crippen LogP contribution in [0.1, 0.15) is 23.2 Å². The summed E-state index contributed by atoms with van der Waals surface area (Å²) in [6.07, 6.45) is 1.00. The van der Waals surface area contributed by atoms with E-state index in [0.717, 1.165) is 0 Å². The molecule has 0 saturated heterocycles. The van der Waals surface area contributed by atoms with Crippen molar-refractivity contribution < 1.29 is 9.59 Å². The molecule has 0 radical (unpaired) electrons. The van der Waals surface area contributed by atoms with Gasteiger partial charge >= 0.3 is 0 Å². The van der Waals surface area contributed by atoms with Crippen LogP contribution in [0.4, 0.5) is 5.69 Å². The molecule has 0 aliphatic heterocycles. The molecule has 2 amide bonds. The first-order valence-electron chi connectivity index (χ1n) is 5.60. The summed E-state index contributed by atoms with van der Waals surface area (Å²) in [5.74, 6) is -0.384. The summed E-state index contributed by atoms with van der Waals surface area (Å²) in [5.41, 5.74) is 6.26. The largest absolute Gasteiger partial charge is 0.355 e. The van der Waals surface area contributed by atoms with E-state index in [-0.39, 0.29) is 24.2 Å². The van der Waals surface area contributed by atoms with Crippen molar-refractivity contribution in [2.24, 2.45) is 5.73 Å². The fourth-order valence-electron chi connectivity index (χ4n) is 1.40. The highest BCUT2D eigenvalue weighted by atomic mass is 35.5. The second-order valence-electron chi connectivity index (χ2n) is 3.71. The van der Waals surface area contributed by atoms with Crippen molar-refractivity contribution >= 4 is 41.5 Å². The number of carbonyl (C=O) groups is 2. The molecule has 0 atom stereocenters. The molecule has 0 aliphatic rings. The Kier molecular flexibility index (Phi) is 8.14. The van der Waals surface area contributed by atoms with E-state index in [1.807, 2.05) is 0 Å². The summed E-state index contributed by atoms with van der Waals surface area (Å²) in [6.45, 7) is 0.476. The van der Waals surface area contributed by atoms with E-state index in [0.29, 0.717) is 35.7 Å².